The van der Waals surface area contributed by atoms with Gasteiger partial charge in [0.15, 0.2) is 6.10 Å². The Balaban J connectivity index is 4.24. The molecular formula is C52H100O6. The highest BCUT2D eigenvalue weighted by molar-refractivity contribution is 5.71. The van der Waals surface area contributed by atoms with E-state index in [-0.39, 0.29) is 31.1 Å². The number of hydrogen-bond acceptors (Lipinski definition) is 6. The zero-order chi connectivity index (χ0) is 42.4. The average Bonchev–Trinajstić information content (AvgIpc) is 3.21. The van der Waals surface area contributed by atoms with Crippen molar-refractivity contribution in [1.29, 1.82) is 0 Å². The smallest absolute Gasteiger partial charge is 0.306 e. The second kappa shape index (κ2) is 46.5. The monoisotopic (exact) mass is 821 g/mol. The van der Waals surface area contributed by atoms with Gasteiger partial charge in [-0.1, -0.05) is 252 Å². The van der Waals surface area contributed by atoms with E-state index in [0.717, 1.165) is 63.7 Å². The molecule has 0 aromatic rings. The van der Waals surface area contributed by atoms with Crippen molar-refractivity contribution in [2.45, 2.75) is 297 Å². The lowest BCUT2D eigenvalue weighted by molar-refractivity contribution is -0.167. The van der Waals surface area contributed by atoms with Crippen LogP contribution in [0.2, 0.25) is 0 Å². The van der Waals surface area contributed by atoms with Gasteiger partial charge in [-0.25, -0.2) is 0 Å². The predicted molar refractivity (Wildman–Crippen MR) is 247 cm³/mol. The zero-order valence-electron chi connectivity index (χ0n) is 39.5. The summed E-state index contributed by atoms with van der Waals surface area (Å²) in [5.74, 6) is 0.00550. The Bertz CT molecular complexity index is 872. The van der Waals surface area contributed by atoms with Crippen LogP contribution >= 0.6 is 0 Å². The maximum atomic E-state index is 12.8. The van der Waals surface area contributed by atoms with Crippen LogP contribution in [-0.4, -0.2) is 37.2 Å². The lowest BCUT2D eigenvalue weighted by Gasteiger charge is -2.18. The molecule has 0 bridgehead atoms. The van der Waals surface area contributed by atoms with Gasteiger partial charge in [-0.3, -0.25) is 14.4 Å². The number of esters is 3. The lowest BCUT2D eigenvalue weighted by Crippen LogP contribution is -2.30. The fourth-order valence-electron chi connectivity index (χ4n) is 7.86. The summed E-state index contributed by atoms with van der Waals surface area (Å²) in [4.78, 5) is 37.8. The Morgan fingerprint density at radius 2 is 0.569 bits per heavy atom. The quantitative estimate of drug-likeness (QED) is 0.0346. The molecule has 0 N–H and O–H groups in total. The molecule has 0 aromatic heterocycles. The van der Waals surface area contributed by atoms with Crippen molar-refractivity contribution in [3.05, 3.63) is 0 Å². The van der Waals surface area contributed by atoms with Crippen molar-refractivity contribution in [3.8, 4) is 0 Å². The third-order valence-corrected chi connectivity index (χ3v) is 11.8. The van der Waals surface area contributed by atoms with Crippen LogP contribution in [0.1, 0.15) is 291 Å². The Kier molecular flexibility index (Phi) is 45.2. The SMILES string of the molecule is CCCCCCCCCCCCCC(=O)OC[C@@H](COC(=O)CCCCCCCCCCCC)OC(=O)CCCCCCCCCCCCCCCCCCC(C)C. The molecule has 0 radical (unpaired) electrons. The fraction of sp³-hybridized carbons (Fsp3) is 0.942. The van der Waals surface area contributed by atoms with Crippen molar-refractivity contribution >= 4 is 17.9 Å². The van der Waals surface area contributed by atoms with E-state index in [1.54, 1.807) is 0 Å². The molecule has 0 rings (SSSR count). The van der Waals surface area contributed by atoms with Gasteiger partial charge in [-0.2, -0.15) is 0 Å². The Morgan fingerprint density at radius 3 is 0.845 bits per heavy atom. The van der Waals surface area contributed by atoms with Crippen LogP contribution in [0.4, 0.5) is 0 Å². The number of ether oxygens (including phenoxy) is 3. The second-order valence-electron chi connectivity index (χ2n) is 18.3. The van der Waals surface area contributed by atoms with Gasteiger partial charge in [0.2, 0.25) is 0 Å². The summed E-state index contributed by atoms with van der Waals surface area (Å²) in [5.41, 5.74) is 0. The first-order valence-electron chi connectivity index (χ1n) is 25.9. The highest BCUT2D eigenvalue weighted by atomic mass is 16.6. The molecule has 58 heavy (non-hydrogen) atoms. The van der Waals surface area contributed by atoms with Gasteiger partial charge in [0.05, 0.1) is 0 Å². The summed E-state index contributed by atoms with van der Waals surface area (Å²) in [5, 5.41) is 0. The molecule has 0 saturated heterocycles. The van der Waals surface area contributed by atoms with Crippen LogP contribution in [-0.2, 0) is 28.6 Å². The number of unbranched alkanes of at least 4 members (excludes halogenated alkanes) is 34. The number of hydrogen-bond donors (Lipinski definition) is 0. The highest BCUT2D eigenvalue weighted by Gasteiger charge is 2.19. The summed E-state index contributed by atoms with van der Waals surface area (Å²) in [6.07, 6.45) is 48.0. The van der Waals surface area contributed by atoms with Gasteiger partial charge < -0.3 is 14.2 Å². The largest absolute Gasteiger partial charge is 0.462 e. The second-order valence-corrected chi connectivity index (χ2v) is 18.3. The van der Waals surface area contributed by atoms with Gasteiger partial charge in [-0.05, 0) is 25.2 Å². The summed E-state index contributed by atoms with van der Waals surface area (Å²) in [6.45, 7) is 9.02. The number of carbonyl (C=O) groups is 3. The molecule has 0 aliphatic heterocycles. The standard InChI is InChI=1S/C52H100O6/c1-5-7-9-11-13-15-23-28-32-36-40-44-51(54)57-47-49(46-56-50(53)43-39-35-31-27-16-14-12-10-8-6-2)58-52(55)45-41-37-33-29-25-22-20-18-17-19-21-24-26-30-34-38-42-48(3)4/h48-49H,5-47H2,1-4H3/t49-/m1/s1. The molecule has 1 atom stereocenters. The molecule has 0 aliphatic carbocycles. The van der Waals surface area contributed by atoms with Gasteiger partial charge in [0.1, 0.15) is 13.2 Å². The third-order valence-electron chi connectivity index (χ3n) is 11.8. The zero-order valence-corrected chi connectivity index (χ0v) is 39.5. The first-order valence-corrected chi connectivity index (χ1v) is 25.9. The first-order chi connectivity index (χ1) is 28.4. The maximum absolute atomic E-state index is 12.8. The normalized spacial score (nSPS) is 11.9. The summed E-state index contributed by atoms with van der Waals surface area (Å²) < 4.78 is 16.8. The van der Waals surface area contributed by atoms with Crippen LogP contribution in [0.5, 0.6) is 0 Å². The van der Waals surface area contributed by atoms with Crippen molar-refractivity contribution < 1.29 is 28.6 Å². The molecule has 6 nitrogen and oxygen atoms in total. The highest BCUT2D eigenvalue weighted by Crippen LogP contribution is 2.17. The molecule has 344 valence electrons. The van der Waals surface area contributed by atoms with Gasteiger partial charge in [0, 0.05) is 19.3 Å². The molecule has 0 aromatic carbocycles. The molecule has 6 heteroatoms. The van der Waals surface area contributed by atoms with Crippen LogP contribution in [0.3, 0.4) is 0 Å². The van der Waals surface area contributed by atoms with Crippen molar-refractivity contribution in [2.24, 2.45) is 5.92 Å². The van der Waals surface area contributed by atoms with E-state index < -0.39 is 6.10 Å². The molecule has 0 fully saturated rings. The molecule has 0 amide bonds. The van der Waals surface area contributed by atoms with Gasteiger partial charge >= 0.3 is 17.9 Å². The first kappa shape index (κ1) is 56.4. The number of rotatable bonds is 47. The van der Waals surface area contributed by atoms with E-state index in [9.17, 15) is 14.4 Å². The van der Waals surface area contributed by atoms with E-state index in [0.29, 0.717) is 19.3 Å². The van der Waals surface area contributed by atoms with E-state index in [2.05, 4.69) is 27.7 Å². The van der Waals surface area contributed by atoms with Crippen molar-refractivity contribution in [2.75, 3.05) is 13.2 Å². The predicted octanol–water partition coefficient (Wildman–Crippen LogP) is 16.7. The Hall–Kier alpha value is -1.59. The van der Waals surface area contributed by atoms with E-state index in [1.165, 1.54) is 186 Å². The minimum atomic E-state index is -0.759. The maximum Gasteiger partial charge on any atom is 0.306 e. The fourth-order valence-corrected chi connectivity index (χ4v) is 7.86. The number of carbonyl (C=O) groups excluding carboxylic acids is 3. The van der Waals surface area contributed by atoms with Crippen molar-refractivity contribution in [3.63, 3.8) is 0 Å². The van der Waals surface area contributed by atoms with E-state index >= 15 is 0 Å². The Labute approximate surface area is 361 Å². The van der Waals surface area contributed by atoms with E-state index in [1.807, 2.05) is 0 Å². The molecule has 0 unspecified atom stereocenters. The van der Waals surface area contributed by atoms with Crippen LogP contribution < -0.4 is 0 Å². The average molecular weight is 821 g/mol. The Morgan fingerprint density at radius 1 is 0.328 bits per heavy atom. The van der Waals surface area contributed by atoms with Gasteiger partial charge in [0.25, 0.3) is 0 Å². The topological polar surface area (TPSA) is 78.9 Å². The van der Waals surface area contributed by atoms with Crippen LogP contribution in [0, 0.1) is 5.92 Å². The van der Waals surface area contributed by atoms with Crippen LogP contribution in [0.15, 0.2) is 0 Å². The lowest BCUT2D eigenvalue weighted by atomic mass is 10.0. The molecule has 0 aliphatic rings. The van der Waals surface area contributed by atoms with Crippen LogP contribution in [0.25, 0.3) is 0 Å². The van der Waals surface area contributed by atoms with Crippen molar-refractivity contribution in [1.82, 2.24) is 0 Å². The minimum absolute atomic E-state index is 0.0628. The molecule has 0 heterocycles. The summed E-state index contributed by atoms with van der Waals surface area (Å²) >= 11 is 0. The summed E-state index contributed by atoms with van der Waals surface area (Å²) in [7, 11) is 0. The third kappa shape index (κ3) is 45.5. The molecule has 0 saturated carbocycles. The molecular weight excluding hydrogens is 721 g/mol. The molecule has 0 spiro atoms. The summed E-state index contributed by atoms with van der Waals surface area (Å²) in [6, 6.07) is 0. The van der Waals surface area contributed by atoms with Gasteiger partial charge in [-0.15, -0.1) is 0 Å². The minimum Gasteiger partial charge on any atom is -0.462 e. The van der Waals surface area contributed by atoms with E-state index in [4.69, 9.17) is 14.2 Å².